The van der Waals surface area contributed by atoms with E-state index in [-0.39, 0.29) is 12.5 Å². The number of carbonyl (C=O) groups excluding carboxylic acids is 1. The second-order valence-electron chi connectivity index (χ2n) is 6.24. The molecule has 2 aromatic rings. The lowest BCUT2D eigenvalue weighted by molar-refractivity contribution is -0.119. The normalized spacial score (nSPS) is 16.0. The lowest BCUT2D eigenvalue weighted by atomic mass is 9.88. The maximum atomic E-state index is 12.3. The second kappa shape index (κ2) is 6.23. The molecule has 0 atom stereocenters. The van der Waals surface area contributed by atoms with Crippen molar-refractivity contribution in [1.29, 1.82) is 0 Å². The van der Waals surface area contributed by atoms with Crippen LogP contribution in [0.1, 0.15) is 24.0 Å². The number of amides is 1. The topological polar surface area (TPSA) is 42.4 Å². The Morgan fingerprint density at radius 2 is 1.92 bits per heavy atom. The van der Waals surface area contributed by atoms with Crippen molar-refractivity contribution in [3.63, 3.8) is 0 Å². The van der Waals surface area contributed by atoms with Crippen LogP contribution in [-0.4, -0.2) is 30.7 Å². The molecule has 1 aromatic heterocycles. The highest BCUT2D eigenvalue weighted by Crippen LogP contribution is 2.39. The molecule has 0 fully saturated rings. The highest BCUT2D eigenvalue weighted by molar-refractivity contribution is 5.98. The van der Waals surface area contributed by atoms with Gasteiger partial charge in [-0.25, -0.2) is 4.39 Å². The molecule has 0 spiro atoms. The first-order chi connectivity index (χ1) is 11.8. The van der Waals surface area contributed by atoms with Gasteiger partial charge in [0.05, 0.1) is 11.9 Å². The van der Waals surface area contributed by atoms with Gasteiger partial charge in [-0.1, -0.05) is 0 Å². The Labute approximate surface area is 140 Å². The number of ether oxygens (including phenoxy) is 1. The Morgan fingerprint density at radius 3 is 2.75 bits per heavy atom. The molecule has 0 saturated heterocycles. The van der Waals surface area contributed by atoms with Gasteiger partial charge in [-0.2, -0.15) is 0 Å². The number of hydrogen-bond donors (Lipinski definition) is 0. The average Bonchev–Trinajstić information content (AvgIpc) is 2.63. The van der Waals surface area contributed by atoms with Crippen molar-refractivity contribution in [2.45, 2.75) is 25.7 Å². The van der Waals surface area contributed by atoms with Gasteiger partial charge in [-0.3, -0.25) is 9.78 Å². The summed E-state index contributed by atoms with van der Waals surface area (Å²) in [5.74, 6) is 0.813. The lowest BCUT2D eigenvalue weighted by Crippen LogP contribution is -2.39. The van der Waals surface area contributed by atoms with Crippen LogP contribution >= 0.6 is 0 Å². The van der Waals surface area contributed by atoms with E-state index < -0.39 is 6.67 Å². The summed E-state index contributed by atoms with van der Waals surface area (Å²) in [6.45, 7) is 0.348. The number of pyridine rings is 1. The number of alkyl halides is 1. The number of anilines is 1. The zero-order valence-corrected chi connectivity index (χ0v) is 13.4. The Hall–Kier alpha value is -2.43. The van der Waals surface area contributed by atoms with Gasteiger partial charge in [-0.15, -0.1) is 0 Å². The summed E-state index contributed by atoms with van der Waals surface area (Å²) in [6.07, 6.45) is 6.75. The van der Waals surface area contributed by atoms with Crippen molar-refractivity contribution < 1.29 is 13.9 Å². The second-order valence-corrected chi connectivity index (χ2v) is 6.24. The first-order valence-corrected chi connectivity index (χ1v) is 8.36. The number of halogens is 1. The van der Waals surface area contributed by atoms with E-state index >= 15 is 0 Å². The van der Waals surface area contributed by atoms with Gasteiger partial charge in [0, 0.05) is 24.7 Å². The molecule has 3 heterocycles. The third-order valence-corrected chi connectivity index (χ3v) is 4.67. The maximum absolute atomic E-state index is 12.3. The number of benzene rings is 1. The highest BCUT2D eigenvalue weighted by Gasteiger charge is 2.29. The van der Waals surface area contributed by atoms with E-state index in [1.165, 1.54) is 11.1 Å². The molecule has 2 aliphatic rings. The molecule has 24 heavy (non-hydrogen) atoms. The minimum atomic E-state index is -0.517. The summed E-state index contributed by atoms with van der Waals surface area (Å²) in [7, 11) is 0. The van der Waals surface area contributed by atoms with E-state index in [1.807, 2.05) is 11.0 Å². The first kappa shape index (κ1) is 15.1. The molecule has 0 radical (unpaired) electrons. The van der Waals surface area contributed by atoms with E-state index in [9.17, 15) is 9.18 Å². The van der Waals surface area contributed by atoms with Gasteiger partial charge in [0.15, 0.2) is 0 Å². The van der Waals surface area contributed by atoms with Crippen LogP contribution in [0.3, 0.4) is 0 Å². The largest absolute Gasteiger partial charge is 0.489 e. The van der Waals surface area contributed by atoms with Crippen LogP contribution < -0.4 is 9.64 Å². The summed E-state index contributed by atoms with van der Waals surface area (Å²) in [6, 6.07) is 6.20. The fourth-order valence-corrected chi connectivity index (χ4v) is 3.63. The first-order valence-electron chi connectivity index (χ1n) is 8.36. The summed E-state index contributed by atoms with van der Waals surface area (Å²) >= 11 is 0. The van der Waals surface area contributed by atoms with Gasteiger partial charge in [0.25, 0.3) is 0 Å². The third kappa shape index (κ3) is 2.64. The predicted octanol–water partition coefficient (Wildman–Crippen LogP) is 3.32. The Balaban J connectivity index is 1.74. The lowest BCUT2D eigenvalue weighted by Gasteiger charge is -2.35. The van der Waals surface area contributed by atoms with Crippen LogP contribution in [0.25, 0.3) is 11.1 Å². The summed E-state index contributed by atoms with van der Waals surface area (Å²) in [5.41, 5.74) is 5.63. The predicted molar refractivity (Wildman–Crippen MR) is 90.1 cm³/mol. The van der Waals surface area contributed by atoms with Gasteiger partial charge in [0.1, 0.15) is 19.0 Å². The standard InChI is InChI=1S/C19H19FN2O2/c20-5-7-24-17-10-16(11-21-12-17)15-8-13-2-1-6-22-18(23)4-3-14(9-15)19(13)22/h8-12H,1-7H2. The smallest absolute Gasteiger partial charge is 0.227 e. The van der Waals surface area contributed by atoms with Crippen molar-refractivity contribution in [1.82, 2.24) is 4.98 Å². The van der Waals surface area contributed by atoms with Gasteiger partial charge < -0.3 is 9.64 Å². The zero-order chi connectivity index (χ0) is 16.5. The minimum Gasteiger partial charge on any atom is -0.489 e. The summed E-state index contributed by atoms with van der Waals surface area (Å²) < 4.78 is 17.6. The number of rotatable bonds is 4. The summed E-state index contributed by atoms with van der Waals surface area (Å²) in [5, 5.41) is 0. The number of hydrogen-bond acceptors (Lipinski definition) is 3. The number of aryl methyl sites for hydroxylation is 2. The molecule has 0 N–H and O–H groups in total. The Kier molecular flexibility index (Phi) is 3.92. The van der Waals surface area contributed by atoms with E-state index in [4.69, 9.17) is 4.74 Å². The third-order valence-electron chi connectivity index (χ3n) is 4.67. The molecule has 0 unspecified atom stereocenters. The van der Waals surface area contributed by atoms with Gasteiger partial charge in [0.2, 0.25) is 5.91 Å². The molecule has 124 valence electrons. The van der Waals surface area contributed by atoms with E-state index in [0.29, 0.717) is 12.2 Å². The van der Waals surface area contributed by atoms with Crippen molar-refractivity contribution in [2.24, 2.45) is 0 Å². The molecule has 4 nitrogen and oxygen atoms in total. The van der Waals surface area contributed by atoms with Crippen LogP contribution in [0.15, 0.2) is 30.6 Å². The van der Waals surface area contributed by atoms with Crippen LogP contribution in [0.2, 0.25) is 0 Å². The average molecular weight is 326 g/mol. The SMILES string of the molecule is O=C1CCc2cc(-c3cncc(OCCF)c3)cc3c2N1CCC3. The van der Waals surface area contributed by atoms with Crippen molar-refractivity contribution >= 4 is 11.6 Å². The van der Waals surface area contributed by atoms with E-state index in [2.05, 4.69) is 17.1 Å². The Morgan fingerprint density at radius 1 is 1.08 bits per heavy atom. The maximum Gasteiger partial charge on any atom is 0.227 e. The molecule has 0 aliphatic carbocycles. The van der Waals surface area contributed by atoms with Gasteiger partial charge in [-0.05, 0) is 54.2 Å². The molecule has 1 amide bonds. The highest BCUT2D eigenvalue weighted by atomic mass is 19.1. The van der Waals surface area contributed by atoms with Crippen LogP contribution in [-0.2, 0) is 17.6 Å². The van der Waals surface area contributed by atoms with E-state index in [1.54, 1.807) is 12.4 Å². The van der Waals surface area contributed by atoms with Crippen molar-refractivity contribution in [3.8, 4) is 16.9 Å². The van der Waals surface area contributed by atoms with Crippen LogP contribution in [0.5, 0.6) is 5.75 Å². The molecule has 0 bridgehead atoms. The van der Waals surface area contributed by atoms with Crippen molar-refractivity contribution in [2.75, 3.05) is 24.7 Å². The molecule has 1 aromatic carbocycles. The van der Waals surface area contributed by atoms with Crippen LogP contribution in [0, 0.1) is 0 Å². The van der Waals surface area contributed by atoms with Crippen molar-refractivity contribution in [3.05, 3.63) is 41.7 Å². The molecular weight excluding hydrogens is 307 g/mol. The fraction of sp³-hybridized carbons (Fsp3) is 0.368. The molecule has 2 aliphatic heterocycles. The Bertz CT molecular complexity index is 774. The summed E-state index contributed by atoms with van der Waals surface area (Å²) in [4.78, 5) is 18.3. The number of nitrogens with zero attached hydrogens (tertiary/aromatic N) is 2. The molecule has 5 heteroatoms. The van der Waals surface area contributed by atoms with Crippen LogP contribution in [0.4, 0.5) is 10.1 Å². The quantitative estimate of drug-likeness (QED) is 0.865. The molecule has 0 saturated carbocycles. The molecular formula is C19H19FN2O2. The zero-order valence-electron chi connectivity index (χ0n) is 13.4. The molecule has 4 rings (SSSR count). The van der Waals surface area contributed by atoms with E-state index in [0.717, 1.165) is 42.6 Å². The fourth-order valence-electron chi connectivity index (χ4n) is 3.63. The number of aromatic nitrogens is 1. The minimum absolute atomic E-state index is 0.0393. The van der Waals surface area contributed by atoms with Gasteiger partial charge >= 0.3 is 0 Å². The number of carbonyl (C=O) groups is 1. The monoisotopic (exact) mass is 326 g/mol.